The third-order valence-electron chi connectivity index (χ3n) is 16.3. The lowest BCUT2D eigenvalue weighted by Gasteiger charge is -2.49. The van der Waals surface area contributed by atoms with Crippen molar-refractivity contribution in [2.45, 2.75) is 158 Å². The van der Waals surface area contributed by atoms with E-state index in [1.165, 1.54) is 48.5 Å². The van der Waals surface area contributed by atoms with Gasteiger partial charge in [0.2, 0.25) is 0 Å². The van der Waals surface area contributed by atoms with E-state index in [9.17, 15) is 43.5 Å². The number of rotatable bonds is 30. The van der Waals surface area contributed by atoms with E-state index in [-0.39, 0.29) is 52.8 Å². The van der Waals surface area contributed by atoms with Gasteiger partial charge >= 0.3 is 47.8 Å². The number of benzene rings is 6. The molecule has 6 aromatic carbocycles. The molecule has 0 bridgehead atoms. The first-order chi connectivity index (χ1) is 46.6. The zero-order chi connectivity index (χ0) is 67.9. The van der Waals surface area contributed by atoms with E-state index in [0.717, 1.165) is 19.8 Å². The van der Waals surface area contributed by atoms with Crippen LogP contribution in [-0.4, -0.2) is 164 Å². The van der Waals surface area contributed by atoms with Crippen LogP contribution in [0.4, 0.5) is 0 Å². The van der Waals surface area contributed by atoms with Crippen LogP contribution in [-0.2, 0) is 71.2 Å². The SMILES string of the molecule is CCC1OC(OC2C(O)C(COC3OC(COC(=O)c4ccccc4)C(OC(=O)c4ccccc4)C(C)C3OC(=O)c3ccccc3)OC(OCCCCCCCCC(=O)O)C2OC(C)=O)C(OC(=O)c2ccccc2)C(OC(=O)c2ccccc2)C1OC(=O)c1ccccc1. The van der Waals surface area contributed by atoms with Gasteiger partial charge in [-0.1, -0.05) is 149 Å². The van der Waals surface area contributed by atoms with Crippen LogP contribution in [0.3, 0.4) is 0 Å². The van der Waals surface area contributed by atoms with Crippen LogP contribution in [0.25, 0.3) is 0 Å². The standard InChI is InChI=1S/C73H78O23/c1-4-53-60(93-68(81)50-35-21-12-22-36-50)62(94-69(82)51-37-23-13-24-38-51)64(95-70(83)52-39-25-14-26-40-52)73(88-53)96-61-57(77)54(89-72(63(61)87-46(3)74)84-42-28-8-6-5-7-27-41-56(75)76)43-86-71-59(92-67(80)49-33-19-11-20-34-49)45(2)58(91-66(79)48-31-17-10-18-32-48)55(90-71)44-85-65(78)47-29-15-9-16-30-47/h9-26,29-40,45,53-55,57-64,71-73,77H,4-8,27-28,41-44H2,1-3H3,(H,75,76). The average Bonchev–Trinajstić information content (AvgIpc) is 0.773. The van der Waals surface area contributed by atoms with Crippen LogP contribution in [0.15, 0.2) is 182 Å². The Morgan fingerprint density at radius 1 is 0.385 bits per heavy atom. The number of esters is 7. The van der Waals surface area contributed by atoms with E-state index in [1.54, 1.807) is 147 Å². The molecule has 0 amide bonds. The second kappa shape index (κ2) is 35.5. The molecule has 23 heteroatoms. The zero-order valence-corrected chi connectivity index (χ0v) is 53.2. The smallest absolute Gasteiger partial charge is 0.338 e. The predicted octanol–water partition coefficient (Wildman–Crippen LogP) is 9.72. The third kappa shape index (κ3) is 19.5. The fourth-order valence-electron chi connectivity index (χ4n) is 11.3. The number of aliphatic hydroxyl groups excluding tert-OH is 1. The summed E-state index contributed by atoms with van der Waals surface area (Å²) in [6.45, 7) is 3.22. The van der Waals surface area contributed by atoms with Gasteiger partial charge in [0.25, 0.3) is 0 Å². The van der Waals surface area contributed by atoms with Crippen molar-refractivity contribution in [3.05, 3.63) is 215 Å². The number of aliphatic hydroxyl groups is 1. The second-order valence-corrected chi connectivity index (χ2v) is 23.2. The highest BCUT2D eigenvalue weighted by atomic mass is 16.8. The minimum Gasteiger partial charge on any atom is -0.481 e. The Balaban J connectivity index is 1.08. The van der Waals surface area contributed by atoms with Gasteiger partial charge in [-0.05, 0) is 92.1 Å². The minimum atomic E-state index is -1.94. The predicted molar refractivity (Wildman–Crippen MR) is 339 cm³/mol. The van der Waals surface area contributed by atoms with Gasteiger partial charge in [0.1, 0.15) is 43.2 Å². The molecule has 96 heavy (non-hydrogen) atoms. The van der Waals surface area contributed by atoms with Gasteiger partial charge < -0.3 is 71.8 Å². The molecule has 3 saturated heterocycles. The number of aliphatic carboxylic acids is 1. The molecule has 0 saturated carbocycles. The van der Waals surface area contributed by atoms with Crippen LogP contribution in [0.2, 0.25) is 0 Å². The quantitative estimate of drug-likeness (QED) is 0.0241. The molecule has 0 spiro atoms. The van der Waals surface area contributed by atoms with Gasteiger partial charge in [-0.25, -0.2) is 28.8 Å². The van der Waals surface area contributed by atoms with E-state index in [1.807, 2.05) is 0 Å². The highest BCUT2D eigenvalue weighted by molar-refractivity contribution is 5.92. The van der Waals surface area contributed by atoms with Crippen molar-refractivity contribution < 1.29 is 110 Å². The van der Waals surface area contributed by atoms with Gasteiger partial charge in [-0.2, -0.15) is 0 Å². The van der Waals surface area contributed by atoms with E-state index in [4.69, 9.17) is 66.7 Å². The number of carboxylic acid groups (broad SMARTS) is 1. The Hall–Kier alpha value is -9.20. The first-order valence-corrected chi connectivity index (χ1v) is 32.0. The number of carbonyl (C=O) groups is 8. The summed E-state index contributed by atoms with van der Waals surface area (Å²) >= 11 is 0. The number of unbranched alkanes of at least 4 members (excludes halogenated alkanes) is 5. The van der Waals surface area contributed by atoms with Gasteiger partial charge in [0.15, 0.2) is 49.4 Å². The zero-order valence-electron chi connectivity index (χ0n) is 53.2. The summed E-state index contributed by atoms with van der Waals surface area (Å²) in [7, 11) is 0. The maximum absolute atomic E-state index is 14.5. The molecule has 15 unspecified atom stereocenters. The maximum atomic E-state index is 14.5. The molecule has 23 nitrogen and oxygen atoms in total. The fourth-order valence-corrected chi connectivity index (χ4v) is 11.3. The minimum absolute atomic E-state index is 0.0255. The molecule has 0 aliphatic carbocycles. The van der Waals surface area contributed by atoms with Crippen LogP contribution >= 0.6 is 0 Å². The molecule has 3 aliphatic rings. The molecule has 15 atom stereocenters. The molecule has 508 valence electrons. The Morgan fingerprint density at radius 3 is 1.22 bits per heavy atom. The fraction of sp³-hybridized carbons (Fsp3) is 0.397. The Morgan fingerprint density at radius 2 is 0.760 bits per heavy atom. The summed E-state index contributed by atoms with van der Waals surface area (Å²) < 4.78 is 82.7. The molecule has 2 N–H and O–H groups in total. The summed E-state index contributed by atoms with van der Waals surface area (Å²) in [5.74, 6) is -7.82. The van der Waals surface area contributed by atoms with Gasteiger partial charge in [0.05, 0.1) is 40.0 Å². The molecule has 3 fully saturated rings. The highest BCUT2D eigenvalue weighted by Crippen LogP contribution is 2.38. The van der Waals surface area contributed by atoms with Crippen molar-refractivity contribution in [2.24, 2.45) is 5.92 Å². The molecule has 0 aromatic heterocycles. The molecular weight excluding hydrogens is 1240 g/mol. The van der Waals surface area contributed by atoms with Crippen molar-refractivity contribution in [2.75, 3.05) is 19.8 Å². The topological polar surface area (TPSA) is 297 Å². The van der Waals surface area contributed by atoms with Gasteiger partial charge in [0, 0.05) is 25.9 Å². The van der Waals surface area contributed by atoms with E-state index in [0.29, 0.717) is 25.7 Å². The number of carboxylic acids is 1. The largest absolute Gasteiger partial charge is 0.481 e. The summed E-state index contributed by atoms with van der Waals surface area (Å²) in [6, 6.07) is 47.9. The molecular formula is C73H78O23. The van der Waals surface area contributed by atoms with Crippen molar-refractivity contribution in [1.29, 1.82) is 0 Å². The Bertz CT molecular complexity index is 3470. The van der Waals surface area contributed by atoms with Crippen molar-refractivity contribution in [1.82, 2.24) is 0 Å². The van der Waals surface area contributed by atoms with Crippen molar-refractivity contribution >= 4 is 47.8 Å². The lowest BCUT2D eigenvalue weighted by atomic mass is 9.90. The number of hydrogen-bond donors (Lipinski definition) is 2. The van der Waals surface area contributed by atoms with E-state index >= 15 is 0 Å². The molecule has 3 aliphatic heterocycles. The monoisotopic (exact) mass is 1320 g/mol. The van der Waals surface area contributed by atoms with Crippen molar-refractivity contribution in [3.63, 3.8) is 0 Å². The van der Waals surface area contributed by atoms with Gasteiger partial charge in [-0.15, -0.1) is 0 Å². The first-order valence-electron chi connectivity index (χ1n) is 32.0. The molecule has 9 rings (SSSR count). The normalized spacial score (nSPS) is 25.4. The van der Waals surface area contributed by atoms with Gasteiger partial charge in [-0.3, -0.25) is 9.59 Å². The number of hydrogen-bond acceptors (Lipinski definition) is 22. The second-order valence-electron chi connectivity index (χ2n) is 23.2. The Kier molecular flexibility index (Phi) is 26.3. The summed E-state index contributed by atoms with van der Waals surface area (Å²) in [6.07, 6.45) is -18.6. The van der Waals surface area contributed by atoms with Crippen molar-refractivity contribution in [3.8, 4) is 0 Å². The van der Waals surface area contributed by atoms with Crippen LogP contribution in [0.1, 0.15) is 134 Å². The number of carbonyl (C=O) groups excluding carboxylic acids is 7. The van der Waals surface area contributed by atoms with E-state index < -0.39 is 153 Å². The lowest BCUT2D eigenvalue weighted by molar-refractivity contribution is -0.363. The van der Waals surface area contributed by atoms with Crippen LogP contribution < -0.4 is 0 Å². The van der Waals surface area contributed by atoms with E-state index in [2.05, 4.69) is 0 Å². The highest BCUT2D eigenvalue weighted by Gasteiger charge is 2.58. The average molecular weight is 1320 g/mol. The summed E-state index contributed by atoms with van der Waals surface area (Å²) in [5, 5.41) is 22.1. The number of ether oxygens (including phenoxy) is 13. The summed E-state index contributed by atoms with van der Waals surface area (Å²) in [4.78, 5) is 109. The third-order valence-corrected chi connectivity index (χ3v) is 16.3. The summed E-state index contributed by atoms with van der Waals surface area (Å²) in [5.41, 5.74) is 0.767. The Labute approximate surface area is 555 Å². The molecule has 0 radical (unpaired) electrons. The van der Waals surface area contributed by atoms with Crippen LogP contribution in [0.5, 0.6) is 0 Å². The maximum Gasteiger partial charge on any atom is 0.338 e. The molecule has 6 aromatic rings. The molecule has 3 heterocycles. The first kappa shape index (κ1) is 71.1. The van der Waals surface area contributed by atoms with Crippen LogP contribution in [0, 0.1) is 5.92 Å². The lowest BCUT2D eigenvalue weighted by Crippen LogP contribution is -2.66.